The third-order valence-corrected chi connectivity index (χ3v) is 3.22. The van der Waals surface area contributed by atoms with E-state index in [4.69, 9.17) is 5.73 Å². The number of imidazole rings is 1. The Morgan fingerprint density at radius 3 is 2.95 bits per heavy atom. The number of anilines is 1. The van der Waals surface area contributed by atoms with E-state index in [9.17, 15) is 14.9 Å². The molecule has 21 heavy (non-hydrogen) atoms. The molecule has 0 aromatic carbocycles. The molecule has 3 aromatic rings. The maximum atomic E-state index is 11.7. The minimum absolute atomic E-state index is 0.0149. The number of nitrogens with zero attached hydrogens (tertiary/aromatic N) is 4. The standard InChI is InChI=1S/C11H11N7O3/c1-5(7-2-6(3-13-7)18(20)21)17-4-14-8-9(17)15-11(12)16-10(8)19/h2-5,13H,1H3,(H3,12,15,16,19). The minimum atomic E-state index is -0.486. The summed E-state index contributed by atoms with van der Waals surface area (Å²) in [6, 6.07) is 1.10. The second-order valence-corrected chi connectivity index (χ2v) is 4.52. The molecule has 0 radical (unpaired) electrons. The molecule has 0 spiro atoms. The number of aromatic nitrogens is 5. The maximum absolute atomic E-state index is 11.7. The van der Waals surface area contributed by atoms with Crippen molar-refractivity contribution in [3.63, 3.8) is 0 Å². The van der Waals surface area contributed by atoms with Crippen LogP contribution < -0.4 is 11.3 Å². The van der Waals surface area contributed by atoms with Crippen molar-refractivity contribution in [2.45, 2.75) is 13.0 Å². The van der Waals surface area contributed by atoms with Crippen molar-refractivity contribution in [2.24, 2.45) is 0 Å². The normalized spacial score (nSPS) is 12.6. The van der Waals surface area contributed by atoms with Gasteiger partial charge in [0.15, 0.2) is 11.2 Å². The van der Waals surface area contributed by atoms with Gasteiger partial charge in [-0.2, -0.15) is 4.98 Å². The lowest BCUT2D eigenvalue weighted by atomic mass is 10.2. The van der Waals surface area contributed by atoms with Gasteiger partial charge in [-0.15, -0.1) is 0 Å². The molecule has 0 amide bonds. The van der Waals surface area contributed by atoms with Gasteiger partial charge in [-0.25, -0.2) is 4.98 Å². The summed E-state index contributed by atoms with van der Waals surface area (Å²) >= 11 is 0. The molecule has 0 bridgehead atoms. The highest BCUT2D eigenvalue weighted by molar-refractivity contribution is 5.70. The number of nitrogens with one attached hydrogen (secondary N) is 2. The molecular formula is C11H11N7O3. The Bertz CT molecular complexity index is 891. The van der Waals surface area contributed by atoms with Gasteiger partial charge < -0.3 is 15.3 Å². The molecule has 1 atom stereocenters. The van der Waals surface area contributed by atoms with Crippen molar-refractivity contribution in [1.82, 2.24) is 24.5 Å². The number of rotatable bonds is 3. The summed E-state index contributed by atoms with van der Waals surface area (Å²) in [6.07, 6.45) is 2.75. The number of nitrogens with two attached hydrogens (primary N) is 1. The van der Waals surface area contributed by atoms with Crippen LogP contribution in [0, 0.1) is 10.1 Å². The zero-order chi connectivity index (χ0) is 15.1. The van der Waals surface area contributed by atoms with E-state index in [1.54, 1.807) is 11.5 Å². The number of fused-ring (bicyclic) bond motifs is 1. The molecule has 4 N–H and O–H groups in total. The van der Waals surface area contributed by atoms with Gasteiger partial charge in [-0.05, 0) is 6.92 Å². The molecule has 0 saturated carbocycles. The van der Waals surface area contributed by atoms with Gasteiger partial charge in [0.1, 0.15) is 0 Å². The van der Waals surface area contributed by atoms with Gasteiger partial charge in [0.25, 0.3) is 11.2 Å². The molecule has 0 aliphatic heterocycles. The van der Waals surface area contributed by atoms with Crippen molar-refractivity contribution in [3.05, 3.63) is 44.8 Å². The fraction of sp³-hybridized carbons (Fsp3) is 0.182. The summed E-state index contributed by atoms with van der Waals surface area (Å²) in [7, 11) is 0. The lowest BCUT2D eigenvalue weighted by molar-refractivity contribution is -0.384. The maximum Gasteiger partial charge on any atom is 0.287 e. The molecule has 3 rings (SSSR count). The topological polar surface area (TPSA) is 149 Å². The van der Waals surface area contributed by atoms with Gasteiger partial charge in [0.2, 0.25) is 5.95 Å². The predicted octanol–water partition coefficient (Wildman–Crippen LogP) is 0.547. The van der Waals surface area contributed by atoms with Crippen LogP contribution in [0.3, 0.4) is 0 Å². The van der Waals surface area contributed by atoms with Crippen molar-refractivity contribution in [2.75, 3.05) is 5.73 Å². The van der Waals surface area contributed by atoms with Crippen LogP contribution >= 0.6 is 0 Å². The predicted molar refractivity (Wildman–Crippen MR) is 73.8 cm³/mol. The number of hydrogen-bond donors (Lipinski definition) is 3. The highest BCUT2D eigenvalue weighted by Gasteiger charge is 2.18. The van der Waals surface area contributed by atoms with Crippen LogP contribution in [0.15, 0.2) is 23.4 Å². The molecule has 0 aliphatic rings. The van der Waals surface area contributed by atoms with E-state index in [0.717, 1.165) is 0 Å². The Kier molecular flexibility index (Phi) is 2.71. The Balaban J connectivity index is 2.11. The summed E-state index contributed by atoms with van der Waals surface area (Å²) in [6.45, 7) is 1.80. The van der Waals surface area contributed by atoms with Crippen LogP contribution in [0.1, 0.15) is 18.7 Å². The number of hydrogen-bond acceptors (Lipinski definition) is 6. The summed E-state index contributed by atoms with van der Waals surface area (Å²) in [5, 5.41) is 10.7. The average Bonchev–Trinajstić information content (AvgIpc) is 3.04. The zero-order valence-corrected chi connectivity index (χ0v) is 10.9. The van der Waals surface area contributed by atoms with Gasteiger partial charge >= 0.3 is 0 Å². The van der Waals surface area contributed by atoms with Crippen molar-refractivity contribution < 1.29 is 4.92 Å². The fourth-order valence-electron chi connectivity index (χ4n) is 2.12. The summed E-state index contributed by atoms with van der Waals surface area (Å²) < 4.78 is 1.62. The highest BCUT2D eigenvalue weighted by atomic mass is 16.6. The molecule has 1 unspecified atom stereocenters. The second kappa shape index (κ2) is 4.44. The van der Waals surface area contributed by atoms with E-state index in [1.807, 2.05) is 0 Å². The van der Waals surface area contributed by atoms with Crippen molar-refractivity contribution in [3.8, 4) is 0 Å². The Labute approximate surface area is 116 Å². The first-order valence-corrected chi connectivity index (χ1v) is 6.02. The number of nitrogen functional groups attached to an aromatic ring is 1. The number of nitro groups is 1. The average molecular weight is 289 g/mol. The van der Waals surface area contributed by atoms with Crippen molar-refractivity contribution in [1.29, 1.82) is 0 Å². The molecule has 0 saturated heterocycles. The van der Waals surface area contributed by atoms with E-state index in [2.05, 4.69) is 19.9 Å². The van der Waals surface area contributed by atoms with E-state index in [-0.39, 0.29) is 23.2 Å². The molecule has 3 heterocycles. The SMILES string of the molecule is CC(c1cc([N+](=O)[O-])c[nH]1)n1cnc2c(=O)[nH]c(N)nc21. The fourth-order valence-corrected chi connectivity index (χ4v) is 2.12. The number of aromatic amines is 2. The van der Waals surface area contributed by atoms with Gasteiger partial charge in [0, 0.05) is 11.8 Å². The van der Waals surface area contributed by atoms with Gasteiger partial charge in [-0.1, -0.05) is 0 Å². The van der Waals surface area contributed by atoms with Gasteiger partial charge in [0.05, 0.1) is 23.5 Å². The smallest absolute Gasteiger partial charge is 0.287 e. The Morgan fingerprint density at radius 2 is 2.29 bits per heavy atom. The molecule has 10 nitrogen and oxygen atoms in total. The van der Waals surface area contributed by atoms with Crippen LogP contribution in [-0.4, -0.2) is 29.4 Å². The van der Waals surface area contributed by atoms with Gasteiger partial charge in [-0.3, -0.25) is 19.9 Å². The first kappa shape index (κ1) is 12.8. The van der Waals surface area contributed by atoms with Crippen LogP contribution in [0.2, 0.25) is 0 Å². The highest BCUT2D eigenvalue weighted by Crippen LogP contribution is 2.23. The first-order valence-electron chi connectivity index (χ1n) is 6.02. The van der Waals surface area contributed by atoms with Crippen LogP contribution in [0.25, 0.3) is 11.2 Å². The molecule has 10 heteroatoms. The van der Waals surface area contributed by atoms with Crippen LogP contribution in [-0.2, 0) is 0 Å². The van der Waals surface area contributed by atoms with Crippen LogP contribution in [0.4, 0.5) is 11.6 Å². The summed E-state index contributed by atoms with van der Waals surface area (Å²) in [4.78, 5) is 35.2. The molecule has 0 aliphatic carbocycles. The lowest BCUT2D eigenvalue weighted by Crippen LogP contribution is -2.13. The molecular weight excluding hydrogens is 278 g/mol. The second-order valence-electron chi connectivity index (χ2n) is 4.52. The Hall–Kier alpha value is -3.17. The van der Waals surface area contributed by atoms with E-state index >= 15 is 0 Å². The van der Waals surface area contributed by atoms with E-state index in [1.165, 1.54) is 18.6 Å². The molecule has 3 aromatic heterocycles. The molecule has 0 fully saturated rings. The van der Waals surface area contributed by atoms with E-state index in [0.29, 0.717) is 11.3 Å². The monoisotopic (exact) mass is 289 g/mol. The summed E-state index contributed by atoms with van der Waals surface area (Å²) in [5.74, 6) is -0.0149. The quantitative estimate of drug-likeness (QED) is 0.473. The number of H-pyrrole nitrogens is 2. The Morgan fingerprint density at radius 1 is 1.52 bits per heavy atom. The first-order chi connectivity index (χ1) is 9.97. The minimum Gasteiger partial charge on any atom is -0.369 e. The zero-order valence-electron chi connectivity index (χ0n) is 10.9. The van der Waals surface area contributed by atoms with Crippen molar-refractivity contribution >= 4 is 22.8 Å². The largest absolute Gasteiger partial charge is 0.369 e. The molecule has 108 valence electrons. The summed E-state index contributed by atoms with van der Waals surface area (Å²) in [5.41, 5.74) is 6.15. The third-order valence-electron chi connectivity index (χ3n) is 3.22. The lowest BCUT2D eigenvalue weighted by Gasteiger charge is -2.11. The third kappa shape index (κ3) is 2.02. The van der Waals surface area contributed by atoms with Crippen LogP contribution in [0.5, 0.6) is 0 Å². The van der Waals surface area contributed by atoms with E-state index < -0.39 is 10.5 Å².